The molecule has 1 aromatic rings. The van der Waals surface area contributed by atoms with Crippen LogP contribution in [0.5, 0.6) is 0 Å². The second-order valence-electron chi connectivity index (χ2n) is 3.76. The first-order chi connectivity index (χ1) is 6.84. The summed E-state index contributed by atoms with van der Waals surface area (Å²) in [5.74, 6) is 7.29. The van der Waals surface area contributed by atoms with Crippen molar-refractivity contribution < 1.29 is 0 Å². The summed E-state index contributed by atoms with van der Waals surface area (Å²) in [6.07, 6.45) is 5.34. The van der Waals surface area contributed by atoms with Crippen LogP contribution in [0.4, 0.5) is 0 Å². The third-order valence-electron chi connectivity index (χ3n) is 2.62. The van der Waals surface area contributed by atoms with Gasteiger partial charge in [0.1, 0.15) is 0 Å². The summed E-state index contributed by atoms with van der Waals surface area (Å²) < 4.78 is 1.27. The molecular weight excluding hydrogens is 283 g/mol. The zero-order chi connectivity index (χ0) is 9.80. The maximum absolute atomic E-state index is 3.36. The topological polar surface area (TPSA) is 0 Å². The van der Waals surface area contributed by atoms with Gasteiger partial charge in [-0.15, -0.1) is 0 Å². The smallest absolute Gasteiger partial charge is 0.0246 e. The number of hydrogen-bond acceptors (Lipinski definition) is 0. The van der Waals surface area contributed by atoms with E-state index in [-0.39, 0.29) is 0 Å². The zero-order valence-electron chi connectivity index (χ0n) is 8.09. The third-order valence-corrected chi connectivity index (χ3v) is 3.34. The maximum atomic E-state index is 3.36. The van der Waals surface area contributed by atoms with Crippen LogP contribution in [-0.4, -0.2) is 0 Å². The predicted octanol–water partition coefficient (Wildman–Crippen LogP) is 3.83. The first kappa shape index (κ1) is 10.0. The molecule has 0 atom stereocenters. The van der Waals surface area contributed by atoms with E-state index in [1.54, 1.807) is 0 Å². The second-order valence-corrected chi connectivity index (χ2v) is 5.00. The fraction of sp³-hybridized carbons (Fsp3) is 0.385. The van der Waals surface area contributed by atoms with Crippen LogP contribution in [0, 0.1) is 21.3 Å². The molecule has 0 unspecified atom stereocenters. The first-order valence-corrected chi connectivity index (χ1v) is 6.19. The minimum atomic E-state index is 0.661. The molecule has 0 radical (unpaired) electrons. The van der Waals surface area contributed by atoms with E-state index in [9.17, 15) is 0 Å². The lowest BCUT2D eigenvalue weighted by atomic mass is 10.1. The van der Waals surface area contributed by atoms with Crippen LogP contribution in [0.15, 0.2) is 24.3 Å². The molecule has 1 aliphatic rings. The Labute approximate surface area is 99.2 Å². The number of hydrogen-bond donors (Lipinski definition) is 0. The molecule has 14 heavy (non-hydrogen) atoms. The van der Waals surface area contributed by atoms with Crippen molar-refractivity contribution in [2.24, 2.45) is 5.92 Å². The molecule has 0 amide bonds. The molecule has 1 aliphatic carbocycles. The van der Waals surface area contributed by atoms with Gasteiger partial charge in [0, 0.05) is 15.1 Å². The molecule has 0 nitrogen and oxygen atoms in total. The largest absolute Gasteiger partial charge is 0.0945 e. The van der Waals surface area contributed by atoms with Crippen LogP contribution in [0.25, 0.3) is 0 Å². The van der Waals surface area contributed by atoms with Crippen molar-refractivity contribution in [1.82, 2.24) is 0 Å². The van der Waals surface area contributed by atoms with Gasteiger partial charge in [-0.3, -0.25) is 0 Å². The van der Waals surface area contributed by atoms with Crippen LogP contribution < -0.4 is 0 Å². The first-order valence-electron chi connectivity index (χ1n) is 5.12. The second kappa shape index (κ2) is 4.84. The van der Waals surface area contributed by atoms with E-state index >= 15 is 0 Å². The normalized spacial score (nSPS) is 16.4. The van der Waals surface area contributed by atoms with E-state index in [0.717, 1.165) is 5.56 Å². The Kier molecular flexibility index (Phi) is 3.47. The van der Waals surface area contributed by atoms with Crippen LogP contribution >= 0.6 is 22.6 Å². The SMILES string of the molecule is Ic1ccc(C#CC2CCCC2)cc1. The fourth-order valence-electron chi connectivity index (χ4n) is 1.79. The van der Waals surface area contributed by atoms with Crippen molar-refractivity contribution in [2.75, 3.05) is 0 Å². The highest BCUT2D eigenvalue weighted by Gasteiger charge is 2.11. The van der Waals surface area contributed by atoms with Crippen molar-refractivity contribution in [2.45, 2.75) is 25.7 Å². The molecular formula is C13H13I. The van der Waals surface area contributed by atoms with E-state index in [2.05, 4.69) is 58.7 Å². The minimum Gasteiger partial charge on any atom is -0.0945 e. The van der Waals surface area contributed by atoms with Gasteiger partial charge < -0.3 is 0 Å². The van der Waals surface area contributed by atoms with Gasteiger partial charge in [0.15, 0.2) is 0 Å². The molecule has 1 fully saturated rings. The molecule has 0 aromatic heterocycles. The Bertz CT molecular complexity index is 347. The summed E-state index contributed by atoms with van der Waals surface area (Å²) in [7, 11) is 0. The molecule has 72 valence electrons. The summed E-state index contributed by atoms with van der Waals surface area (Å²) in [5, 5.41) is 0. The van der Waals surface area contributed by atoms with Gasteiger partial charge in [0.05, 0.1) is 0 Å². The van der Waals surface area contributed by atoms with Gasteiger partial charge in [-0.05, 0) is 59.7 Å². The van der Waals surface area contributed by atoms with Gasteiger partial charge in [0.25, 0.3) is 0 Å². The summed E-state index contributed by atoms with van der Waals surface area (Å²) in [6.45, 7) is 0. The lowest BCUT2D eigenvalue weighted by Crippen LogP contribution is -1.86. The van der Waals surface area contributed by atoms with E-state index < -0.39 is 0 Å². The van der Waals surface area contributed by atoms with Crippen LogP contribution in [0.2, 0.25) is 0 Å². The van der Waals surface area contributed by atoms with Crippen LogP contribution in [0.3, 0.4) is 0 Å². The molecule has 1 aromatic carbocycles. The van der Waals surface area contributed by atoms with Crippen molar-refractivity contribution >= 4 is 22.6 Å². The van der Waals surface area contributed by atoms with E-state index in [1.165, 1.54) is 29.3 Å². The van der Waals surface area contributed by atoms with Crippen molar-refractivity contribution in [3.8, 4) is 11.8 Å². The monoisotopic (exact) mass is 296 g/mol. The van der Waals surface area contributed by atoms with Crippen LogP contribution in [0.1, 0.15) is 31.2 Å². The molecule has 0 saturated heterocycles. The molecule has 0 heterocycles. The highest BCUT2D eigenvalue weighted by atomic mass is 127. The molecule has 0 bridgehead atoms. The van der Waals surface area contributed by atoms with E-state index in [4.69, 9.17) is 0 Å². The highest BCUT2D eigenvalue weighted by molar-refractivity contribution is 14.1. The maximum Gasteiger partial charge on any atom is 0.0246 e. The number of benzene rings is 1. The van der Waals surface area contributed by atoms with Crippen molar-refractivity contribution in [1.29, 1.82) is 0 Å². The molecule has 2 rings (SSSR count). The van der Waals surface area contributed by atoms with E-state index in [1.807, 2.05) is 0 Å². The highest BCUT2D eigenvalue weighted by Crippen LogP contribution is 2.23. The standard InChI is InChI=1S/C13H13I/c14-13-9-7-12(8-10-13)6-5-11-3-1-2-4-11/h7-11H,1-4H2. The molecule has 1 saturated carbocycles. The van der Waals surface area contributed by atoms with Gasteiger partial charge >= 0.3 is 0 Å². The fourth-order valence-corrected chi connectivity index (χ4v) is 2.15. The van der Waals surface area contributed by atoms with Gasteiger partial charge in [0.2, 0.25) is 0 Å². The Balaban J connectivity index is 2.05. The van der Waals surface area contributed by atoms with Gasteiger partial charge in [-0.25, -0.2) is 0 Å². The molecule has 0 aliphatic heterocycles. The molecule has 1 heteroatoms. The van der Waals surface area contributed by atoms with Gasteiger partial charge in [-0.1, -0.05) is 24.7 Å². The molecule has 0 N–H and O–H groups in total. The lowest BCUT2D eigenvalue weighted by molar-refractivity contribution is 0.712. The summed E-state index contributed by atoms with van der Waals surface area (Å²) in [6, 6.07) is 8.42. The average molecular weight is 296 g/mol. The Morgan fingerprint density at radius 1 is 1.07 bits per heavy atom. The number of halogens is 1. The Morgan fingerprint density at radius 3 is 2.36 bits per heavy atom. The van der Waals surface area contributed by atoms with E-state index in [0.29, 0.717) is 5.92 Å². The third kappa shape index (κ3) is 2.75. The predicted molar refractivity (Wildman–Crippen MR) is 68.0 cm³/mol. The number of rotatable bonds is 0. The Hall–Kier alpha value is -0.490. The van der Waals surface area contributed by atoms with Crippen molar-refractivity contribution in [3.05, 3.63) is 33.4 Å². The van der Waals surface area contributed by atoms with Crippen molar-refractivity contribution in [3.63, 3.8) is 0 Å². The van der Waals surface area contributed by atoms with Gasteiger partial charge in [-0.2, -0.15) is 0 Å². The summed E-state index contributed by atoms with van der Waals surface area (Å²) in [5.41, 5.74) is 1.15. The average Bonchev–Trinajstić information content (AvgIpc) is 2.70. The quantitative estimate of drug-likeness (QED) is 0.504. The minimum absolute atomic E-state index is 0.661. The summed E-state index contributed by atoms with van der Waals surface area (Å²) >= 11 is 2.31. The lowest BCUT2D eigenvalue weighted by Gasteiger charge is -1.95. The zero-order valence-corrected chi connectivity index (χ0v) is 10.3. The Morgan fingerprint density at radius 2 is 1.71 bits per heavy atom. The van der Waals surface area contributed by atoms with Crippen LogP contribution in [-0.2, 0) is 0 Å². The molecule has 0 spiro atoms. The summed E-state index contributed by atoms with van der Waals surface area (Å²) in [4.78, 5) is 0.